The fourth-order valence-corrected chi connectivity index (χ4v) is 2.18. The Morgan fingerprint density at radius 1 is 1.30 bits per heavy atom. The Morgan fingerprint density at radius 3 is 2.45 bits per heavy atom. The molecule has 0 fully saturated rings. The topological polar surface area (TPSA) is 49.6 Å². The molecule has 0 bridgehead atoms. The van der Waals surface area contributed by atoms with E-state index in [1.807, 2.05) is 19.0 Å². The first-order valence-electron chi connectivity index (χ1n) is 6.80. The van der Waals surface area contributed by atoms with Crippen LogP contribution in [0.5, 0.6) is 0 Å². The fourth-order valence-electron chi connectivity index (χ4n) is 1.91. The minimum absolute atomic E-state index is 0.0365. The van der Waals surface area contributed by atoms with Crippen molar-refractivity contribution in [3.05, 3.63) is 28.8 Å². The van der Waals surface area contributed by atoms with Gasteiger partial charge in [-0.2, -0.15) is 0 Å². The summed E-state index contributed by atoms with van der Waals surface area (Å²) in [7, 11) is 3.99. The summed E-state index contributed by atoms with van der Waals surface area (Å²) >= 11 is 6.13. The van der Waals surface area contributed by atoms with Gasteiger partial charge in [0.1, 0.15) is 0 Å². The summed E-state index contributed by atoms with van der Waals surface area (Å²) in [6.45, 7) is 6.42. The van der Waals surface area contributed by atoms with E-state index in [-0.39, 0.29) is 5.91 Å². The zero-order chi connectivity index (χ0) is 15.3. The molecule has 0 spiro atoms. The van der Waals surface area contributed by atoms with E-state index < -0.39 is 0 Å². The average molecular weight is 298 g/mol. The van der Waals surface area contributed by atoms with Crippen molar-refractivity contribution in [2.24, 2.45) is 5.92 Å². The van der Waals surface area contributed by atoms with Crippen molar-refractivity contribution in [3.8, 4) is 0 Å². The van der Waals surface area contributed by atoms with Gasteiger partial charge in [0.15, 0.2) is 0 Å². The van der Waals surface area contributed by atoms with Gasteiger partial charge in [0.25, 0.3) is 5.91 Å². The van der Waals surface area contributed by atoms with Gasteiger partial charge in [-0.15, -0.1) is 0 Å². The molecule has 1 amide bonds. The summed E-state index contributed by atoms with van der Waals surface area (Å²) in [5.41, 5.74) is 6.75. The molecular weight excluding hydrogens is 274 g/mol. The van der Waals surface area contributed by atoms with Crippen LogP contribution in [-0.4, -0.2) is 49.4 Å². The second kappa shape index (κ2) is 7.50. The largest absolute Gasteiger partial charge is 0.399 e. The summed E-state index contributed by atoms with van der Waals surface area (Å²) in [6.07, 6.45) is 0. The molecule has 1 rings (SSSR count). The second-order valence-corrected chi connectivity index (χ2v) is 6.09. The van der Waals surface area contributed by atoms with Gasteiger partial charge >= 0.3 is 0 Å². The molecule has 0 heterocycles. The Bertz CT molecular complexity index is 460. The molecule has 4 nitrogen and oxygen atoms in total. The fraction of sp³-hybridized carbons (Fsp3) is 0.533. The Hall–Kier alpha value is -1.26. The molecule has 2 N–H and O–H groups in total. The van der Waals surface area contributed by atoms with Gasteiger partial charge in [0.05, 0.1) is 10.6 Å². The molecule has 0 atom stereocenters. The van der Waals surface area contributed by atoms with Crippen molar-refractivity contribution < 1.29 is 4.79 Å². The summed E-state index contributed by atoms with van der Waals surface area (Å²) in [5.74, 6) is 0.374. The highest BCUT2D eigenvalue weighted by molar-refractivity contribution is 6.34. The smallest absolute Gasteiger partial charge is 0.255 e. The quantitative estimate of drug-likeness (QED) is 0.821. The van der Waals surface area contributed by atoms with Gasteiger partial charge in [-0.05, 0) is 38.2 Å². The predicted octanol–water partition coefficient (Wildman–Crippen LogP) is 2.58. The zero-order valence-corrected chi connectivity index (χ0v) is 13.4. The van der Waals surface area contributed by atoms with E-state index in [0.29, 0.717) is 35.3 Å². The first kappa shape index (κ1) is 16.8. The highest BCUT2D eigenvalue weighted by Gasteiger charge is 2.19. The molecular formula is C15H24ClN3O. The zero-order valence-electron chi connectivity index (χ0n) is 12.7. The van der Waals surface area contributed by atoms with Crippen LogP contribution in [0, 0.1) is 5.92 Å². The molecule has 0 aliphatic heterocycles. The number of anilines is 1. The molecule has 0 saturated heterocycles. The lowest BCUT2D eigenvalue weighted by molar-refractivity contribution is 0.0725. The third-order valence-electron chi connectivity index (χ3n) is 2.91. The van der Waals surface area contributed by atoms with Gasteiger partial charge in [0.2, 0.25) is 0 Å². The van der Waals surface area contributed by atoms with Crippen LogP contribution < -0.4 is 5.73 Å². The van der Waals surface area contributed by atoms with E-state index in [9.17, 15) is 4.79 Å². The molecule has 1 aromatic carbocycles. The number of nitrogen functional groups attached to an aromatic ring is 1. The molecule has 0 aliphatic carbocycles. The van der Waals surface area contributed by atoms with Gasteiger partial charge in [-0.1, -0.05) is 25.4 Å². The highest BCUT2D eigenvalue weighted by Crippen LogP contribution is 2.21. The minimum atomic E-state index is -0.0365. The van der Waals surface area contributed by atoms with Crippen molar-refractivity contribution in [1.29, 1.82) is 0 Å². The van der Waals surface area contributed by atoms with Crippen LogP contribution in [0.15, 0.2) is 18.2 Å². The van der Waals surface area contributed by atoms with Gasteiger partial charge in [-0.3, -0.25) is 4.79 Å². The van der Waals surface area contributed by atoms with Crippen LogP contribution in [0.1, 0.15) is 24.2 Å². The van der Waals surface area contributed by atoms with E-state index >= 15 is 0 Å². The lowest BCUT2D eigenvalue weighted by Crippen LogP contribution is -2.39. The number of carbonyl (C=O) groups is 1. The molecule has 0 radical (unpaired) electrons. The molecule has 0 saturated carbocycles. The van der Waals surface area contributed by atoms with Crippen LogP contribution >= 0.6 is 11.6 Å². The number of nitrogens with zero attached hydrogens (tertiary/aromatic N) is 2. The SMILES string of the molecule is CC(C)CN(CCN(C)C)C(=O)c1ccc(N)cc1Cl. The van der Waals surface area contributed by atoms with Crippen LogP contribution in [0.4, 0.5) is 5.69 Å². The number of carbonyl (C=O) groups excluding carboxylic acids is 1. The van der Waals surface area contributed by atoms with Gasteiger partial charge in [-0.25, -0.2) is 0 Å². The molecule has 0 unspecified atom stereocenters. The lowest BCUT2D eigenvalue weighted by Gasteiger charge is -2.26. The summed E-state index contributed by atoms with van der Waals surface area (Å²) in [6, 6.07) is 5.02. The Balaban J connectivity index is 2.90. The number of likely N-dealkylation sites (N-methyl/N-ethyl adjacent to an activating group) is 1. The minimum Gasteiger partial charge on any atom is -0.399 e. The monoisotopic (exact) mass is 297 g/mol. The van der Waals surface area contributed by atoms with E-state index in [0.717, 1.165) is 6.54 Å². The molecule has 0 aliphatic rings. The number of amides is 1. The Kier molecular flexibility index (Phi) is 6.30. The molecule has 112 valence electrons. The van der Waals surface area contributed by atoms with Crippen LogP contribution in [0.3, 0.4) is 0 Å². The normalized spacial score (nSPS) is 11.2. The number of hydrogen-bond donors (Lipinski definition) is 1. The standard InChI is InChI=1S/C15H24ClN3O/c1-11(2)10-19(8-7-18(3)4)15(20)13-6-5-12(17)9-14(13)16/h5-6,9,11H,7-8,10,17H2,1-4H3. The molecule has 0 aromatic heterocycles. The first-order valence-corrected chi connectivity index (χ1v) is 7.18. The Labute approximate surface area is 126 Å². The maximum Gasteiger partial charge on any atom is 0.255 e. The number of nitrogens with two attached hydrogens (primary N) is 1. The van der Waals surface area contributed by atoms with E-state index in [1.54, 1.807) is 18.2 Å². The van der Waals surface area contributed by atoms with Gasteiger partial charge < -0.3 is 15.5 Å². The van der Waals surface area contributed by atoms with Crippen molar-refractivity contribution >= 4 is 23.2 Å². The summed E-state index contributed by atoms with van der Waals surface area (Å²) in [4.78, 5) is 16.5. The van der Waals surface area contributed by atoms with E-state index in [4.69, 9.17) is 17.3 Å². The summed E-state index contributed by atoms with van der Waals surface area (Å²) in [5, 5.41) is 0.411. The van der Waals surface area contributed by atoms with E-state index in [1.165, 1.54) is 0 Å². The van der Waals surface area contributed by atoms with Crippen LogP contribution in [0.25, 0.3) is 0 Å². The molecule has 5 heteroatoms. The third-order valence-corrected chi connectivity index (χ3v) is 3.23. The van der Waals surface area contributed by atoms with Crippen molar-refractivity contribution in [2.75, 3.05) is 39.5 Å². The van der Waals surface area contributed by atoms with Crippen molar-refractivity contribution in [2.45, 2.75) is 13.8 Å². The predicted molar refractivity (Wildman–Crippen MR) is 85.2 cm³/mol. The summed E-state index contributed by atoms with van der Waals surface area (Å²) < 4.78 is 0. The number of rotatable bonds is 6. The van der Waals surface area contributed by atoms with Gasteiger partial charge in [0, 0.05) is 25.3 Å². The lowest BCUT2D eigenvalue weighted by atomic mass is 10.1. The number of benzene rings is 1. The van der Waals surface area contributed by atoms with Crippen molar-refractivity contribution in [3.63, 3.8) is 0 Å². The second-order valence-electron chi connectivity index (χ2n) is 5.69. The maximum atomic E-state index is 12.6. The highest BCUT2D eigenvalue weighted by atomic mass is 35.5. The van der Waals surface area contributed by atoms with E-state index in [2.05, 4.69) is 18.7 Å². The maximum absolute atomic E-state index is 12.6. The average Bonchev–Trinajstić information content (AvgIpc) is 2.33. The van der Waals surface area contributed by atoms with Crippen LogP contribution in [0.2, 0.25) is 5.02 Å². The number of hydrogen-bond acceptors (Lipinski definition) is 3. The number of halogens is 1. The first-order chi connectivity index (χ1) is 9.31. The van der Waals surface area contributed by atoms with Crippen LogP contribution in [-0.2, 0) is 0 Å². The van der Waals surface area contributed by atoms with Crippen molar-refractivity contribution in [1.82, 2.24) is 9.80 Å². The molecule has 20 heavy (non-hydrogen) atoms. The molecule has 1 aromatic rings. The Morgan fingerprint density at radius 2 is 1.95 bits per heavy atom. The third kappa shape index (κ3) is 5.02.